The lowest BCUT2D eigenvalue weighted by molar-refractivity contribution is -0.0328. The van der Waals surface area contributed by atoms with E-state index >= 15 is 0 Å². The molecule has 0 aliphatic rings. The first-order valence-electron chi connectivity index (χ1n) is 16.9. The van der Waals surface area contributed by atoms with Gasteiger partial charge in [-0.15, -0.1) is 0 Å². The summed E-state index contributed by atoms with van der Waals surface area (Å²) in [4.78, 5) is 18.2. The molecule has 0 heterocycles. The predicted octanol–water partition coefficient (Wildman–Crippen LogP) is 7.51. The highest BCUT2D eigenvalue weighted by atomic mass is 31.3. The van der Waals surface area contributed by atoms with Gasteiger partial charge < -0.3 is 30.2 Å². The van der Waals surface area contributed by atoms with Crippen LogP contribution in [0.15, 0.2) is 0 Å². The summed E-state index contributed by atoms with van der Waals surface area (Å²) in [5.74, 6) is 1.56. The molecule has 0 rings (SSSR count). The van der Waals surface area contributed by atoms with Gasteiger partial charge in [0, 0.05) is 0 Å². The Kier molecular flexibility index (Phi) is 30.7. The monoisotopic (exact) mass is 678 g/mol. The highest BCUT2D eigenvalue weighted by molar-refractivity contribution is 7.61. The SMILES string of the molecule is CC(C)CCCCCCCCCCOP(=O)(OCCCCCCCCCCC(C)C)OP(=O)(O)O.OCC(CO)(CO)CO. The van der Waals surface area contributed by atoms with Gasteiger partial charge in [-0.1, -0.05) is 130 Å². The lowest BCUT2D eigenvalue weighted by Gasteiger charge is -2.23. The van der Waals surface area contributed by atoms with E-state index in [1.165, 1.54) is 64.2 Å². The van der Waals surface area contributed by atoms with E-state index in [1.807, 2.05) is 0 Å². The molecule has 0 saturated carbocycles. The molecule has 0 aromatic heterocycles. The maximum absolute atomic E-state index is 12.6. The molecule has 0 radical (unpaired) electrons. The lowest BCUT2D eigenvalue weighted by atomic mass is 9.93. The molecule has 11 nitrogen and oxygen atoms in total. The average molecular weight is 679 g/mol. The summed E-state index contributed by atoms with van der Waals surface area (Å²) in [5.41, 5.74) is -1.11. The van der Waals surface area contributed by atoms with Crippen LogP contribution >= 0.6 is 15.6 Å². The smallest absolute Gasteiger partial charge is 0.396 e. The topological polar surface area (TPSA) is 183 Å². The second kappa shape index (κ2) is 29.3. The van der Waals surface area contributed by atoms with Gasteiger partial charge in [0.05, 0.1) is 45.1 Å². The van der Waals surface area contributed by atoms with Crippen LogP contribution in [0.1, 0.15) is 143 Å². The van der Waals surface area contributed by atoms with Crippen molar-refractivity contribution in [2.45, 2.75) is 143 Å². The zero-order chi connectivity index (χ0) is 33.7. The van der Waals surface area contributed by atoms with Crippen LogP contribution in [0.3, 0.4) is 0 Å². The van der Waals surface area contributed by atoms with Gasteiger partial charge in [-0.05, 0) is 24.7 Å². The molecule has 0 fully saturated rings. The van der Waals surface area contributed by atoms with Gasteiger partial charge in [0.1, 0.15) is 0 Å². The third-order valence-corrected chi connectivity index (χ3v) is 10.0. The van der Waals surface area contributed by atoms with Gasteiger partial charge in [0.25, 0.3) is 0 Å². The Hall–Kier alpha value is 0.100. The number of hydrogen-bond acceptors (Lipinski definition) is 9. The number of unbranched alkanes of at least 4 members (excludes halogenated alkanes) is 14. The van der Waals surface area contributed by atoms with Gasteiger partial charge in [-0.3, -0.25) is 9.05 Å². The fraction of sp³-hybridized carbons (Fsp3) is 1.00. The second-order valence-electron chi connectivity index (χ2n) is 12.8. The van der Waals surface area contributed by atoms with Gasteiger partial charge in [0.15, 0.2) is 0 Å². The summed E-state index contributed by atoms with van der Waals surface area (Å²) >= 11 is 0. The van der Waals surface area contributed by atoms with E-state index < -0.39 is 47.5 Å². The molecule has 0 amide bonds. The van der Waals surface area contributed by atoms with Gasteiger partial charge >= 0.3 is 15.6 Å². The van der Waals surface area contributed by atoms with Crippen molar-refractivity contribution in [1.82, 2.24) is 0 Å². The highest BCUT2D eigenvalue weighted by Gasteiger charge is 2.35. The molecular formula is C31H68O11P2. The second-order valence-corrected chi connectivity index (χ2v) is 15.9. The number of aliphatic hydroxyl groups excluding tert-OH is 4. The van der Waals surface area contributed by atoms with Gasteiger partial charge in [-0.25, -0.2) is 9.13 Å². The maximum atomic E-state index is 12.6. The largest absolute Gasteiger partial charge is 0.483 e. The zero-order valence-corrected chi connectivity index (χ0v) is 30.0. The van der Waals surface area contributed by atoms with E-state index in [0.717, 1.165) is 50.4 Å². The molecule has 0 saturated heterocycles. The maximum Gasteiger partial charge on any atom is 0.483 e. The molecule has 6 N–H and O–H groups in total. The lowest BCUT2D eigenvalue weighted by Crippen LogP contribution is -2.37. The summed E-state index contributed by atoms with van der Waals surface area (Å²) in [6, 6.07) is 0. The van der Waals surface area contributed by atoms with Crippen molar-refractivity contribution in [3.8, 4) is 0 Å². The number of rotatable bonds is 30. The van der Waals surface area contributed by atoms with Crippen LogP contribution in [-0.4, -0.2) is 69.9 Å². The van der Waals surface area contributed by atoms with Crippen LogP contribution in [0.4, 0.5) is 0 Å². The summed E-state index contributed by atoms with van der Waals surface area (Å²) in [6.45, 7) is 7.61. The standard InChI is InChI=1S/C26H56O7P2.C5H12O4/c1-25(2)21-17-13-9-5-7-11-15-19-23-31-35(30,33-34(27,28)29)32-24-20-16-12-8-6-10-14-18-22-26(3)4;6-1-5(2-7,3-8)4-9/h25-26H,5-24H2,1-4H3,(H2,27,28,29);6-9H,1-4H2. The Balaban J connectivity index is 0. The minimum Gasteiger partial charge on any atom is -0.396 e. The fourth-order valence-electron chi connectivity index (χ4n) is 4.30. The van der Waals surface area contributed by atoms with Crippen LogP contribution in [0.25, 0.3) is 0 Å². The number of phosphoric ester groups is 1. The molecule has 0 aromatic rings. The minimum atomic E-state index is -4.97. The Bertz CT molecular complexity index is 661. The molecule has 0 unspecified atom stereocenters. The van der Waals surface area contributed by atoms with E-state index in [-0.39, 0.29) is 13.2 Å². The average Bonchev–Trinajstić information content (AvgIpc) is 2.95. The molecular weight excluding hydrogens is 610 g/mol. The predicted molar refractivity (Wildman–Crippen MR) is 176 cm³/mol. The molecule has 0 aliphatic heterocycles. The molecule has 268 valence electrons. The van der Waals surface area contributed by atoms with E-state index in [4.69, 9.17) is 39.3 Å². The van der Waals surface area contributed by atoms with Crippen molar-refractivity contribution in [1.29, 1.82) is 0 Å². The van der Waals surface area contributed by atoms with Crippen molar-refractivity contribution in [3.05, 3.63) is 0 Å². The van der Waals surface area contributed by atoms with Crippen molar-refractivity contribution in [2.24, 2.45) is 17.3 Å². The summed E-state index contributed by atoms with van der Waals surface area (Å²) in [6.07, 6.45) is 20.4. The van der Waals surface area contributed by atoms with Crippen molar-refractivity contribution in [2.75, 3.05) is 39.6 Å². The van der Waals surface area contributed by atoms with Gasteiger partial charge in [-0.2, -0.15) is 4.31 Å². The number of hydrogen-bond donors (Lipinski definition) is 6. The van der Waals surface area contributed by atoms with Crippen LogP contribution in [-0.2, 0) is 22.5 Å². The van der Waals surface area contributed by atoms with E-state index in [9.17, 15) is 9.13 Å². The molecule has 44 heavy (non-hydrogen) atoms. The van der Waals surface area contributed by atoms with Crippen molar-refractivity contribution >= 4 is 15.6 Å². The summed E-state index contributed by atoms with van der Waals surface area (Å²) in [7, 11) is -9.24. The molecule has 13 heteroatoms. The number of aliphatic hydroxyl groups is 4. The van der Waals surface area contributed by atoms with Crippen LogP contribution in [0, 0.1) is 17.3 Å². The van der Waals surface area contributed by atoms with E-state index in [2.05, 4.69) is 32.0 Å². The molecule has 0 spiro atoms. The third-order valence-electron chi connectivity index (χ3n) is 7.40. The Morgan fingerprint density at radius 3 is 1.00 bits per heavy atom. The first-order chi connectivity index (χ1) is 20.8. The molecule has 0 aliphatic carbocycles. The van der Waals surface area contributed by atoms with Crippen molar-refractivity contribution in [3.63, 3.8) is 0 Å². The highest BCUT2D eigenvalue weighted by Crippen LogP contribution is 2.61. The first-order valence-corrected chi connectivity index (χ1v) is 19.9. The minimum absolute atomic E-state index is 0.0997. The fourth-order valence-corrected chi connectivity index (χ4v) is 6.50. The quantitative estimate of drug-likeness (QED) is 0.0326. The first kappa shape index (κ1) is 46.2. The van der Waals surface area contributed by atoms with Crippen LogP contribution < -0.4 is 0 Å². The summed E-state index contributed by atoms with van der Waals surface area (Å²) in [5, 5.41) is 34.0. The zero-order valence-electron chi connectivity index (χ0n) is 28.2. The van der Waals surface area contributed by atoms with Crippen LogP contribution in [0.5, 0.6) is 0 Å². The third kappa shape index (κ3) is 30.7. The van der Waals surface area contributed by atoms with Crippen LogP contribution in [0.2, 0.25) is 0 Å². The van der Waals surface area contributed by atoms with Gasteiger partial charge in [0.2, 0.25) is 0 Å². The Labute approximate surface area is 268 Å². The molecule has 0 aromatic carbocycles. The van der Waals surface area contributed by atoms with E-state index in [0.29, 0.717) is 12.8 Å². The molecule has 0 bridgehead atoms. The molecule has 0 atom stereocenters. The Morgan fingerprint density at radius 2 is 0.773 bits per heavy atom. The normalized spacial score (nSPS) is 12.6. The van der Waals surface area contributed by atoms with E-state index in [1.54, 1.807) is 0 Å². The Morgan fingerprint density at radius 1 is 0.500 bits per heavy atom. The summed E-state index contributed by atoms with van der Waals surface area (Å²) < 4.78 is 38.7. The van der Waals surface area contributed by atoms with Crippen molar-refractivity contribution < 1.29 is 52.7 Å². The number of phosphoric acid groups is 2.